The van der Waals surface area contributed by atoms with Crippen LogP contribution in [0.5, 0.6) is 5.88 Å². The molecule has 10 heteroatoms. The van der Waals surface area contributed by atoms with E-state index < -0.39 is 15.9 Å². The SMILES string of the molecule is CCn1cc(C(=O)Nc2cnc(OC)c(S(=O)(=O)Nc3c(C)cccc3C)c2)cn1. The van der Waals surface area contributed by atoms with Crippen LogP contribution in [0.4, 0.5) is 11.4 Å². The number of para-hydroxylation sites is 1. The second-order valence-corrected chi connectivity index (χ2v) is 8.29. The first-order chi connectivity index (χ1) is 14.2. The molecule has 0 saturated heterocycles. The molecule has 0 fully saturated rings. The fourth-order valence-electron chi connectivity index (χ4n) is 2.87. The van der Waals surface area contributed by atoms with Gasteiger partial charge in [0.1, 0.15) is 0 Å². The summed E-state index contributed by atoms with van der Waals surface area (Å²) in [6.07, 6.45) is 4.38. The molecule has 0 spiro atoms. The van der Waals surface area contributed by atoms with Crippen LogP contribution >= 0.6 is 0 Å². The topological polar surface area (TPSA) is 115 Å². The molecule has 2 aromatic heterocycles. The van der Waals surface area contributed by atoms with Crippen LogP contribution in [0.15, 0.2) is 47.8 Å². The Kier molecular flexibility index (Phi) is 6.06. The summed E-state index contributed by atoms with van der Waals surface area (Å²) < 4.78 is 35.5. The Bertz CT molecular complexity index is 1170. The van der Waals surface area contributed by atoms with Gasteiger partial charge in [-0.25, -0.2) is 13.4 Å². The lowest BCUT2D eigenvalue weighted by Crippen LogP contribution is -2.17. The Morgan fingerprint density at radius 2 is 1.90 bits per heavy atom. The van der Waals surface area contributed by atoms with Crippen molar-refractivity contribution in [2.24, 2.45) is 0 Å². The van der Waals surface area contributed by atoms with E-state index in [1.54, 1.807) is 10.9 Å². The highest BCUT2D eigenvalue weighted by atomic mass is 32.2. The maximum absolute atomic E-state index is 13.1. The highest BCUT2D eigenvalue weighted by molar-refractivity contribution is 7.92. The Balaban J connectivity index is 1.93. The average Bonchev–Trinajstić information content (AvgIpc) is 3.20. The van der Waals surface area contributed by atoms with Gasteiger partial charge in [-0.05, 0) is 38.0 Å². The Morgan fingerprint density at radius 1 is 1.20 bits per heavy atom. The number of nitrogens with zero attached hydrogens (tertiary/aromatic N) is 3. The molecule has 3 rings (SSSR count). The molecule has 3 aromatic rings. The molecule has 9 nitrogen and oxygen atoms in total. The van der Waals surface area contributed by atoms with E-state index in [2.05, 4.69) is 20.1 Å². The maximum atomic E-state index is 13.1. The zero-order valence-corrected chi connectivity index (χ0v) is 17.9. The molecule has 0 atom stereocenters. The van der Waals surface area contributed by atoms with Crippen molar-refractivity contribution in [3.05, 3.63) is 59.5 Å². The minimum absolute atomic E-state index is 0.0782. The van der Waals surface area contributed by atoms with Crippen LogP contribution in [0.2, 0.25) is 0 Å². The average molecular weight is 430 g/mol. The summed E-state index contributed by atoms with van der Waals surface area (Å²) in [5, 5.41) is 6.70. The monoisotopic (exact) mass is 429 g/mol. The molecule has 2 N–H and O–H groups in total. The highest BCUT2D eigenvalue weighted by Gasteiger charge is 2.23. The summed E-state index contributed by atoms with van der Waals surface area (Å²) in [6.45, 7) is 6.16. The third kappa shape index (κ3) is 4.43. The van der Waals surface area contributed by atoms with Crippen molar-refractivity contribution in [3.8, 4) is 5.88 Å². The number of methoxy groups -OCH3 is 1. The van der Waals surface area contributed by atoms with Crippen LogP contribution in [0.3, 0.4) is 0 Å². The van der Waals surface area contributed by atoms with E-state index in [1.807, 2.05) is 39.0 Å². The number of nitrogens with one attached hydrogen (secondary N) is 2. The molecular formula is C20H23N5O4S. The number of rotatable bonds is 7. The van der Waals surface area contributed by atoms with Gasteiger partial charge in [0, 0.05) is 12.7 Å². The molecule has 2 heterocycles. The Morgan fingerprint density at radius 3 is 2.50 bits per heavy atom. The molecule has 1 aromatic carbocycles. The van der Waals surface area contributed by atoms with Gasteiger partial charge >= 0.3 is 0 Å². The number of sulfonamides is 1. The van der Waals surface area contributed by atoms with E-state index in [0.29, 0.717) is 17.8 Å². The van der Waals surface area contributed by atoms with Crippen LogP contribution < -0.4 is 14.8 Å². The number of carbonyl (C=O) groups excluding carboxylic acids is 1. The van der Waals surface area contributed by atoms with Gasteiger partial charge in [0.15, 0.2) is 4.90 Å². The maximum Gasteiger partial charge on any atom is 0.267 e. The van der Waals surface area contributed by atoms with Gasteiger partial charge in [0.2, 0.25) is 5.88 Å². The predicted octanol–water partition coefficient (Wildman–Crippen LogP) is 2.98. The van der Waals surface area contributed by atoms with E-state index in [-0.39, 0.29) is 16.5 Å². The molecule has 0 bridgehead atoms. The van der Waals surface area contributed by atoms with Gasteiger partial charge in [-0.3, -0.25) is 14.2 Å². The second-order valence-electron chi connectivity index (χ2n) is 6.64. The quantitative estimate of drug-likeness (QED) is 0.597. The standard InChI is InChI=1S/C20H23N5O4S/c1-5-25-12-15(10-22-25)19(26)23-16-9-17(20(29-4)21-11-16)30(27,28)24-18-13(2)7-6-8-14(18)3/h6-12,24H,5H2,1-4H3,(H,23,26). The lowest BCUT2D eigenvalue weighted by atomic mass is 10.1. The summed E-state index contributed by atoms with van der Waals surface area (Å²) in [7, 11) is -2.70. The molecule has 0 saturated carbocycles. The fraction of sp³-hybridized carbons (Fsp3) is 0.250. The summed E-state index contributed by atoms with van der Waals surface area (Å²) in [4.78, 5) is 16.3. The Labute approximate surface area is 175 Å². The van der Waals surface area contributed by atoms with E-state index in [0.717, 1.165) is 11.1 Å². The number of aromatic nitrogens is 3. The summed E-state index contributed by atoms with van der Waals surface area (Å²) in [5.41, 5.74) is 2.62. The second kappa shape index (κ2) is 8.54. The fourth-order valence-corrected chi connectivity index (χ4v) is 4.22. The largest absolute Gasteiger partial charge is 0.480 e. The first kappa shape index (κ1) is 21.3. The minimum atomic E-state index is -4.03. The van der Waals surface area contributed by atoms with Crippen molar-refractivity contribution in [3.63, 3.8) is 0 Å². The summed E-state index contributed by atoms with van der Waals surface area (Å²) >= 11 is 0. The van der Waals surface area contributed by atoms with Gasteiger partial charge in [-0.15, -0.1) is 0 Å². The van der Waals surface area contributed by atoms with E-state index in [9.17, 15) is 13.2 Å². The third-order valence-corrected chi connectivity index (χ3v) is 5.84. The first-order valence-corrected chi connectivity index (χ1v) is 10.7. The normalized spacial score (nSPS) is 11.2. The zero-order chi connectivity index (χ0) is 21.9. The van der Waals surface area contributed by atoms with Gasteiger partial charge in [-0.2, -0.15) is 5.10 Å². The van der Waals surface area contributed by atoms with Gasteiger partial charge in [0.25, 0.3) is 15.9 Å². The molecule has 0 radical (unpaired) electrons. The van der Waals surface area contributed by atoms with Crippen LogP contribution in [-0.2, 0) is 16.6 Å². The lowest BCUT2D eigenvalue weighted by molar-refractivity contribution is 0.102. The van der Waals surface area contributed by atoms with Crippen molar-refractivity contribution < 1.29 is 17.9 Å². The van der Waals surface area contributed by atoms with E-state index >= 15 is 0 Å². The number of aryl methyl sites for hydroxylation is 3. The number of anilines is 2. The van der Waals surface area contributed by atoms with Gasteiger partial charge in [-0.1, -0.05) is 18.2 Å². The van der Waals surface area contributed by atoms with E-state index in [1.165, 1.54) is 25.6 Å². The van der Waals surface area contributed by atoms with Crippen molar-refractivity contribution >= 4 is 27.3 Å². The molecule has 1 amide bonds. The Hall–Kier alpha value is -3.40. The number of hydrogen-bond donors (Lipinski definition) is 2. The number of ether oxygens (including phenoxy) is 1. The van der Waals surface area contributed by atoms with Crippen LogP contribution in [0.1, 0.15) is 28.4 Å². The van der Waals surface area contributed by atoms with Crippen LogP contribution in [0, 0.1) is 13.8 Å². The third-order valence-electron chi connectivity index (χ3n) is 4.50. The van der Waals surface area contributed by atoms with Crippen molar-refractivity contribution in [1.29, 1.82) is 0 Å². The summed E-state index contributed by atoms with van der Waals surface area (Å²) in [5.74, 6) is -0.502. The van der Waals surface area contributed by atoms with Crippen molar-refractivity contribution in [1.82, 2.24) is 14.8 Å². The van der Waals surface area contributed by atoms with E-state index in [4.69, 9.17) is 4.74 Å². The molecule has 0 aliphatic heterocycles. The van der Waals surface area contributed by atoms with Crippen LogP contribution in [-0.4, -0.2) is 36.2 Å². The highest BCUT2D eigenvalue weighted by Crippen LogP contribution is 2.29. The number of amides is 1. The molecule has 158 valence electrons. The van der Waals surface area contributed by atoms with Gasteiger partial charge in [0.05, 0.1) is 36.4 Å². The number of hydrogen-bond acceptors (Lipinski definition) is 6. The smallest absolute Gasteiger partial charge is 0.267 e. The van der Waals surface area contributed by atoms with Crippen LogP contribution in [0.25, 0.3) is 0 Å². The zero-order valence-electron chi connectivity index (χ0n) is 17.1. The molecular weight excluding hydrogens is 406 g/mol. The van der Waals surface area contributed by atoms with Crippen molar-refractivity contribution in [2.75, 3.05) is 17.1 Å². The number of pyridine rings is 1. The molecule has 0 aliphatic carbocycles. The molecule has 0 aliphatic rings. The summed E-state index contributed by atoms with van der Waals surface area (Å²) in [6, 6.07) is 6.78. The number of benzene rings is 1. The predicted molar refractivity (Wildman–Crippen MR) is 113 cm³/mol. The molecule has 0 unspecified atom stereocenters. The lowest BCUT2D eigenvalue weighted by Gasteiger charge is -2.15. The number of carbonyl (C=O) groups is 1. The molecule has 30 heavy (non-hydrogen) atoms. The minimum Gasteiger partial charge on any atom is -0.480 e. The van der Waals surface area contributed by atoms with Gasteiger partial charge < -0.3 is 10.1 Å². The first-order valence-electron chi connectivity index (χ1n) is 9.22. The van der Waals surface area contributed by atoms with Crippen molar-refractivity contribution in [2.45, 2.75) is 32.2 Å².